The third kappa shape index (κ3) is 0.578. The molecule has 4 saturated carbocycles. The Labute approximate surface area is 211 Å². The fourth-order valence-electron chi connectivity index (χ4n) is 32.9. The van der Waals surface area contributed by atoms with Crippen LogP contribution in [-0.2, 0) is 11.4 Å². The number of hydrogen-bond acceptors (Lipinski definition) is 0. The molecule has 10 aliphatic heterocycles. The van der Waals surface area contributed by atoms with Gasteiger partial charge < -0.3 is 0 Å². The average molecular weight is 614 g/mol. The molecule has 0 N–H and O–H groups in total. The summed E-state index contributed by atoms with van der Waals surface area (Å²) in [6, 6.07) is 0. The summed E-state index contributed by atoms with van der Waals surface area (Å²) in [4.78, 5) is 0. The Kier molecular flexibility index (Phi) is 1.95. The van der Waals surface area contributed by atoms with E-state index in [2.05, 4.69) is 0 Å². The van der Waals surface area contributed by atoms with Gasteiger partial charge in [0.25, 0.3) is 0 Å². The molecule has 0 aromatic carbocycles. The topological polar surface area (TPSA) is 0 Å². The van der Waals surface area contributed by atoms with Crippen LogP contribution < -0.4 is 0 Å². The maximum absolute atomic E-state index is 4.05. The molecule has 4 unspecified atom stereocenters. The van der Waals surface area contributed by atoms with E-state index in [1.807, 2.05) is 0 Å². The van der Waals surface area contributed by atoms with Crippen LogP contribution in [0.1, 0.15) is 128 Å². The van der Waals surface area contributed by atoms with Crippen molar-refractivity contribution in [2.75, 3.05) is 0 Å². The molecule has 4 aliphatic carbocycles. The van der Waals surface area contributed by atoms with Crippen molar-refractivity contribution < 1.29 is 11.4 Å². The monoisotopic (exact) mass is 612 g/mol. The molecule has 10 saturated heterocycles. The first-order valence-corrected chi connectivity index (χ1v) is 35.5. The van der Waals surface area contributed by atoms with Crippen LogP contribution in [0.5, 0.6) is 0 Å². The Bertz CT molecular complexity index is 1340. The molecule has 14 aliphatic rings. The normalized spacial score (nSPS) is 75.6. The van der Waals surface area contributed by atoms with Gasteiger partial charge in [0.05, 0.1) is 0 Å². The molecule has 0 aromatic rings. The summed E-state index contributed by atoms with van der Waals surface area (Å²) in [5.41, 5.74) is 5.19. The second kappa shape index (κ2) is 3.50. The van der Waals surface area contributed by atoms with E-state index >= 15 is 0 Å². The minimum atomic E-state index is -4.05. The van der Waals surface area contributed by atoms with Gasteiger partial charge in [-0.2, -0.15) is 0 Å². The fourth-order valence-corrected chi connectivity index (χ4v) is 321. The molecular formula is C34H52P2Zr. The molecule has 10 heterocycles. The van der Waals surface area contributed by atoms with Gasteiger partial charge in [-0.05, 0) is 0 Å². The van der Waals surface area contributed by atoms with Crippen LogP contribution in [0.2, 0.25) is 29.0 Å². The van der Waals surface area contributed by atoms with Crippen molar-refractivity contribution in [3.8, 4) is 0 Å². The Morgan fingerprint density at radius 3 is 0.838 bits per heavy atom. The molecule has 3 heteroatoms. The van der Waals surface area contributed by atoms with E-state index in [0.717, 1.165) is 0 Å². The van der Waals surface area contributed by atoms with Crippen molar-refractivity contribution in [2.24, 2.45) is 0 Å². The Morgan fingerprint density at radius 1 is 0.351 bits per heavy atom. The Morgan fingerprint density at radius 2 is 0.622 bits per heavy atom. The van der Waals surface area contributed by atoms with Crippen molar-refractivity contribution in [1.82, 2.24) is 0 Å². The van der Waals surface area contributed by atoms with Gasteiger partial charge in [-0.15, -0.1) is 0 Å². The standard InChI is InChI=1S/C29H47P2.C5H5.Zr/c1-5-14-24(15-6-1)30(25-16-7-2-8-17-25)28-22-13-23-29(28)31(26-18-9-3-10-19-26)27-20-11-4-12-21-27;1-2-4-5-3-1;/h13,22-27H,1-12,14-21H2;1-5H;. The summed E-state index contributed by atoms with van der Waals surface area (Å²) in [5, 5.41) is 0. The SMILES string of the molecule is C1CCC(P(C2CCCCC2)[C]23[CH]4[CH]5[CH]6[C]2(P(C2CCCCC2)C2CCCCC2)[Zr]54632789[CH]3[CH]2[CH]7[CH]8[CH]39)CC1. The van der Waals surface area contributed by atoms with E-state index in [1.54, 1.807) is 157 Å². The van der Waals surface area contributed by atoms with Crippen molar-refractivity contribution in [3.63, 3.8) is 0 Å². The average Bonchev–Trinajstić information content (AvgIpc) is 3.92. The predicted molar refractivity (Wildman–Crippen MR) is 157 cm³/mol. The van der Waals surface area contributed by atoms with Crippen molar-refractivity contribution in [2.45, 2.75) is 186 Å². The molecule has 14 fully saturated rings. The molecule has 1 spiro atoms. The van der Waals surface area contributed by atoms with Crippen LogP contribution in [-0.4, -0.2) is 28.4 Å². The van der Waals surface area contributed by atoms with Gasteiger partial charge in [0.1, 0.15) is 0 Å². The zero-order chi connectivity index (χ0) is 23.5. The van der Waals surface area contributed by atoms with Crippen LogP contribution >= 0.6 is 15.8 Å². The molecule has 202 valence electrons. The molecule has 0 radical (unpaired) electrons. The number of fused-ring (bicyclic) bond motifs is 10. The van der Waals surface area contributed by atoms with Crippen LogP contribution in [0.4, 0.5) is 0 Å². The van der Waals surface area contributed by atoms with Crippen LogP contribution in [0.15, 0.2) is 0 Å². The van der Waals surface area contributed by atoms with E-state index in [1.165, 1.54) is 28.4 Å². The number of hydrogen-bond donors (Lipinski definition) is 0. The van der Waals surface area contributed by atoms with E-state index in [0.29, 0.717) is 15.8 Å². The third-order valence-corrected chi connectivity index (χ3v) is 150. The van der Waals surface area contributed by atoms with Gasteiger partial charge in [0, 0.05) is 0 Å². The predicted octanol–water partition coefficient (Wildman–Crippen LogP) is 11.5. The molecule has 0 nitrogen and oxygen atoms in total. The first-order valence-electron chi connectivity index (χ1n) is 18.7. The molecule has 0 bridgehead atoms. The molecular weight excluding hydrogens is 562 g/mol. The minimum absolute atomic E-state index is 0.394. The second-order valence-corrected chi connectivity index (χ2v) is 82.4. The van der Waals surface area contributed by atoms with Crippen LogP contribution in [0.3, 0.4) is 0 Å². The van der Waals surface area contributed by atoms with E-state index in [4.69, 9.17) is 0 Å². The van der Waals surface area contributed by atoms with Gasteiger partial charge in [-0.3, -0.25) is 0 Å². The Balaban J connectivity index is 1.05. The second-order valence-electron chi connectivity index (χ2n) is 22.7. The van der Waals surface area contributed by atoms with Gasteiger partial charge in [-0.25, -0.2) is 0 Å². The fraction of sp³-hybridized carbons (Fsp3) is 1.00. The van der Waals surface area contributed by atoms with Crippen LogP contribution in [0.25, 0.3) is 0 Å². The van der Waals surface area contributed by atoms with Gasteiger partial charge in [0.2, 0.25) is 0 Å². The summed E-state index contributed by atoms with van der Waals surface area (Å²) < 4.78 is 15.4. The summed E-state index contributed by atoms with van der Waals surface area (Å²) >= 11 is -4.05. The molecule has 0 aromatic heterocycles. The van der Waals surface area contributed by atoms with Crippen LogP contribution in [0, 0.1) is 0 Å². The van der Waals surface area contributed by atoms with E-state index in [9.17, 15) is 0 Å². The molecule has 0 amide bonds. The first kappa shape index (κ1) is 20.6. The van der Waals surface area contributed by atoms with Gasteiger partial charge in [-0.1, -0.05) is 0 Å². The third-order valence-electron chi connectivity index (χ3n) is 28.9. The number of rotatable bonds is 6. The van der Waals surface area contributed by atoms with Gasteiger partial charge >= 0.3 is 213 Å². The quantitative estimate of drug-likeness (QED) is 0.261. The summed E-state index contributed by atoms with van der Waals surface area (Å²) in [6.07, 6.45) is 33.5. The van der Waals surface area contributed by atoms with Crippen molar-refractivity contribution in [1.29, 1.82) is 0 Å². The summed E-state index contributed by atoms with van der Waals surface area (Å²) in [6.45, 7) is 0. The summed E-state index contributed by atoms with van der Waals surface area (Å²) in [7, 11) is 0.788. The van der Waals surface area contributed by atoms with Crippen molar-refractivity contribution in [3.05, 3.63) is 0 Å². The summed E-state index contributed by atoms with van der Waals surface area (Å²) in [5.74, 6) is 0. The first-order chi connectivity index (χ1) is 18.1. The van der Waals surface area contributed by atoms with Gasteiger partial charge in [0.15, 0.2) is 0 Å². The van der Waals surface area contributed by atoms with Crippen molar-refractivity contribution >= 4 is 15.8 Å². The molecule has 14 rings (SSSR count). The maximum atomic E-state index is 1.74. The van der Waals surface area contributed by atoms with E-state index < -0.39 is 11.4 Å². The molecule has 4 atom stereocenters. The Hall–Kier alpha value is 1.74. The molecule has 37 heavy (non-hydrogen) atoms. The zero-order valence-corrected chi connectivity index (χ0v) is 27.7. The zero-order valence-electron chi connectivity index (χ0n) is 23.5. The van der Waals surface area contributed by atoms with E-state index in [-0.39, 0.29) is 0 Å².